The number of benzene rings is 4. The smallest absolute Gasteiger partial charge is 0.416 e. The fourth-order valence-electron chi connectivity index (χ4n) is 7.28. The predicted molar refractivity (Wildman–Crippen MR) is 254 cm³/mol. The number of hydrogen-bond acceptors (Lipinski definition) is 10. The molecule has 9 N–H and O–H groups in total. The Bertz CT molecular complexity index is 2470. The molecule has 0 bridgehead atoms. The minimum Gasteiger partial charge on any atom is -0.463 e. The summed E-state index contributed by atoms with van der Waals surface area (Å²) in [7, 11) is 0. The minimum absolute atomic E-state index is 0.0625. The number of halogens is 6. The van der Waals surface area contributed by atoms with Crippen molar-refractivity contribution in [2.45, 2.75) is 71.4 Å². The van der Waals surface area contributed by atoms with Crippen LogP contribution in [0.3, 0.4) is 0 Å². The van der Waals surface area contributed by atoms with Gasteiger partial charge in [0.1, 0.15) is 0 Å². The zero-order valence-corrected chi connectivity index (χ0v) is 38.3. The fraction of sp³-hybridized carbons (Fsp3) is 0.340. The number of nitrogens with one attached hydrogen (secondary N) is 5. The van der Waals surface area contributed by atoms with Crippen LogP contribution in [0.2, 0.25) is 0 Å². The number of nitrogens with two attached hydrogens (primary N) is 2. The third kappa shape index (κ3) is 15.4. The van der Waals surface area contributed by atoms with Crippen LogP contribution in [0.15, 0.2) is 131 Å². The average Bonchev–Trinajstić information content (AvgIpc) is 4.14. The summed E-state index contributed by atoms with van der Waals surface area (Å²) in [5.74, 6) is -1.11. The Kier molecular flexibility index (Phi) is 18.6. The molecule has 5 rings (SSSR count). The zero-order chi connectivity index (χ0) is 49.4. The van der Waals surface area contributed by atoms with Crippen molar-refractivity contribution in [3.8, 4) is 0 Å². The van der Waals surface area contributed by atoms with Gasteiger partial charge >= 0.3 is 24.3 Å². The number of guanidine groups is 1. The third-order valence-corrected chi connectivity index (χ3v) is 10.7. The van der Waals surface area contributed by atoms with Crippen molar-refractivity contribution in [2.24, 2.45) is 10.7 Å². The summed E-state index contributed by atoms with van der Waals surface area (Å²) in [6, 6.07) is 22.5. The summed E-state index contributed by atoms with van der Waals surface area (Å²) in [6.45, 7) is 8.09. The second kappa shape index (κ2) is 24.3. The van der Waals surface area contributed by atoms with Gasteiger partial charge in [-0.1, -0.05) is 54.6 Å². The monoisotopic (exact) mass is 948 g/mol. The van der Waals surface area contributed by atoms with Crippen LogP contribution in [-0.2, 0) is 31.4 Å². The van der Waals surface area contributed by atoms with Gasteiger partial charge in [0.15, 0.2) is 5.96 Å². The molecule has 0 spiro atoms. The lowest BCUT2D eigenvalue weighted by molar-refractivity contribution is -0.139. The highest BCUT2D eigenvalue weighted by molar-refractivity contribution is 5.92. The van der Waals surface area contributed by atoms with E-state index in [4.69, 9.17) is 20.9 Å². The molecule has 0 radical (unpaired) electrons. The van der Waals surface area contributed by atoms with Crippen molar-refractivity contribution >= 4 is 40.5 Å². The lowest BCUT2D eigenvalue weighted by atomic mass is 9.95. The van der Waals surface area contributed by atoms with Crippen LogP contribution in [0.25, 0.3) is 5.57 Å². The molecule has 4 aromatic carbocycles. The molecule has 0 saturated carbocycles. The van der Waals surface area contributed by atoms with Crippen LogP contribution in [0.5, 0.6) is 0 Å². The minimum atomic E-state index is -4.56. The summed E-state index contributed by atoms with van der Waals surface area (Å²) in [4.78, 5) is 31.6. The first kappa shape index (κ1) is 52.2. The van der Waals surface area contributed by atoms with E-state index >= 15 is 0 Å². The van der Waals surface area contributed by atoms with Crippen LogP contribution in [0.4, 0.5) is 43.4 Å². The quantitative estimate of drug-likeness (QED) is 0.00717. The summed E-state index contributed by atoms with van der Waals surface area (Å²) in [5, 5.41) is 15.9. The average molecular weight is 949 g/mol. The number of esters is 2. The van der Waals surface area contributed by atoms with Crippen molar-refractivity contribution in [3.63, 3.8) is 0 Å². The maximum Gasteiger partial charge on any atom is 0.416 e. The maximum atomic E-state index is 13.6. The number of nitrogens with zero attached hydrogens (tertiary/aromatic N) is 1. The van der Waals surface area contributed by atoms with Crippen molar-refractivity contribution in [2.75, 3.05) is 55.8 Å². The number of allylic oxidation sites excluding steroid dienone is 4. The number of rotatable bonds is 23. The summed E-state index contributed by atoms with van der Waals surface area (Å²) in [6.07, 6.45) is -5.11. The molecular weight excluding hydrogens is 891 g/mol. The van der Waals surface area contributed by atoms with Gasteiger partial charge in [-0.3, -0.25) is 4.99 Å². The van der Waals surface area contributed by atoms with Crippen molar-refractivity contribution in [1.82, 2.24) is 16.0 Å². The molecule has 1 aliphatic rings. The first-order chi connectivity index (χ1) is 32.4. The normalized spacial score (nSPS) is 14.4. The van der Waals surface area contributed by atoms with E-state index in [1.165, 1.54) is 29.8 Å². The van der Waals surface area contributed by atoms with Crippen molar-refractivity contribution in [1.29, 1.82) is 0 Å². The molecule has 0 saturated heterocycles. The lowest BCUT2D eigenvalue weighted by Crippen LogP contribution is -2.35. The molecule has 0 amide bonds. The Morgan fingerprint density at radius 3 is 1.57 bits per heavy atom. The first-order valence-corrected chi connectivity index (χ1v) is 22.2. The molecule has 2 atom stereocenters. The molecule has 0 aromatic heterocycles. The Morgan fingerprint density at radius 2 is 1.13 bits per heavy atom. The number of anilines is 3. The van der Waals surface area contributed by atoms with Gasteiger partial charge in [-0.15, -0.1) is 0 Å². The molecule has 1 aliphatic carbocycles. The van der Waals surface area contributed by atoms with E-state index in [1.807, 2.05) is 24.3 Å². The van der Waals surface area contributed by atoms with Gasteiger partial charge in [0.2, 0.25) is 0 Å². The maximum absolute atomic E-state index is 13.6. The Balaban J connectivity index is 1.24. The zero-order valence-electron chi connectivity index (χ0n) is 38.3. The van der Waals surface area contributed by atoms with Gasteiger partial charge in [0.25, 0.3) is 0 Å². The Labute approximate surface area is 392 Å². The summed E-state index contributed by atoms with van der Waals surface area (Å²) < 4.78 is 92.0. The molecule has 0 aliphatic heterocycles. The summed E-state index contributed by atoms with van der Waals surface area (Å²) >= 11 is 0. The molecule has 364 valence electrons. The first-order valence-electron chi connectivity index (χ1n) is 22.2. The predicted octanol–water partition coefficient (Wildman–Crippen LogP) is 9.64. The topological polar surface area (TPSA) is 177 Å². The second-order valence-corrected chi connectivity index (χ2v) is 15.8. The number of ether oxygens (including phenoxy) is 2. The number of hydrogen-bond donors (Lipinski definition) is 7. The van der Waals surface area contributed by atoms with Crippen LogP contribution in [0.1, 0.15) is 86.9 Å². The second-order valence-electron chi connectivity index (χ2n) is 15.8. The number of alkyl halides is 6. The largest absolute Gasteiger partial charge is 0.463 e. The van der Waals surface area contributed by atoms with Gasteiger partial charge in [0, 0.05) is 41.5 Å². The molecule has 68 heavy (non-hydrogen) atoms. The van der Waals surface area contributed by atoms with E-state index in [-0.39, 0.29) is 47.4 Å². The van der Waals surface area contributed by atoms with Gasteiger partial charge in [0.05, 0.1) is 47.6 Å². The highest BCUT2D eigenvalue weighted by atomic mass is 19.4. The SMILES string of the molecule is CCOC(=O)/C(=C(\C)Nc1cccc(C(F)(F)F)c1)[C@H](NCCCN=C(N)NCCCN[C@@H](/C(C(=O)OCC)=C(/C)Nc1cccc(C(F)(F)F)c1)c1ccc(C2=CC2)cc1)c1ccc(N)cc1. The van der Waals surface area contributed by atoms with Gasteiger partial charge in [-0.25, -0.2) is 9.59 Å². The van der Waals surface area contributed by atoms with Crippen LogP contribution in [0, 0.1) is 0 Å². The highest BCUT2D eigenvalue weighted by Crippen LogP contribution is 2.35. The molecule has 0 fully saturated rings. The van der Waals surface area contributed by atoms with E-state index < -0.39 is 47.5 Å². The standard InChI is InChI=1S/C50H58F6N8O4/c1-5-67-46(65)42(31(3)63-40-13-7-11-37(29-40)49(51,52)53)44(35-19-17-34(18-20-35)33-15-16-33)59-25-9-27-61-48(58)62-28-10-26-60-45(36-21-23-39(57)24-22-36)43(47(66)68-6-2)32(4)64-41-14-8-12-38(30-41)50(54,55)56/h7-8,11-15,17-24,29-30,44-45,59-60,63-64H,5-6,9-10,16,25-28,57H2,1-4H3,(H3,58,61,62)/b42-31+,43-32+/t44-,45-/m1/s1. The van der Waals surface area contributed by atoms with Gasteiger partial charge in [-0.05, 0) is 131 Å². The number of nitrogen functional groups attached to an aromatic ring is 1. The Morgan fingerprint density at radius 1 is 0.676 bits per heavy atom. The summed E-state index contributed by atoms with van der Waals surface area (Å²) in [5.41, 5.74) is 15.9. The van der Waals surface area contributed by atoms with Gasteiger partial charge < -0.3 is 47.5 Å². The highest BCUT2D eigenvalue weighted by Gasteiger charge is 2.33. The third-order valence-electron chi connectivity index (χ3n) is 10.7. The molecule has 18 heteroatoms. The van der Waals surface area contributed by atoms with Crippen LogP contribution >= 0.6 is 0 Å². The van der Waals surface area contributed by atoms with E-state index in [9.17, 15) is 35.9 Å². The van der Waals surface area contributed by atoms with E-state index in [2.05, 4.69) is 37.7 Å². The molecule has 0 unspecified atom stereocenters. The number of carbonyl (C=O) groups excluding carboxylic acids is 2. The fourth-order valence-corrected chi connectivity index (χ4v) is 7.28. The van der Waals surface area contributed by atoms with Crippen molar-refractivity contribution in [3.05, 3.63) is 153 Å². The lowest BCUT2D eigenvalue weighted by Gasteiger charge is -2.25. The van der Waals surface area contributed by atoms with Crippen LogP contribution in [-0.4, -0.2) is 57.3 Å². The molecular formula is C50H58F6N8O4. The van der Waals surface area contributed by atoms with Crippen molar-refractivity contribution < 1.29 is 45.4 Å². The Hall–Kier alpha value is -6.79. The van der Waals surface area contributed by atoms with E-state index in [0.29, 0.717) is 56.0 Å². The van der Waals surface area contributed by atoms with Crippen LogP contribution < -0.4 is 38.1 Å². The van der Waals surface area contributed by atoms with E-state index in [1.54, 1.807) is 52.0 Å². The number of aliphatic imine (C=N–C) groups is 1. The van der Waals surface area contributed by atoms with E-state index in [0.717, 1.165) is 41.8 Å². The number of carbonyl (C=O) groups is 2. The van der Waals surface area contributed by atoms with Gasteiger partial charge in [-0.2, -0.15) is 26.3 Å². The molecule has 12 nitrogen and oxygen atoms in total. The molecule has 4 aromatic rings. The molecule has 0 heterocycles.